The number of benzene rings is 2. The topological polar surface area (TPSA) is 29.5 Å². The molecule has 0 unspecified atom stereocenters. The lowest BCUT2D eigenvalue weighted by Gasteiger charge is -2.13. The summed E-state index contributed by atoms with van der Waals surface area (Å²) in [6.45, 7) is -0.289. The van der Waals surface area contributed by atoms with Gasteiger partial charge in [-0.2, -0.15) is 0 Å². The standard InChI is InChI=1S/C13H9ClF4O2/c14-4-6(19)5-20-8-3-1-2-7-9(8)11(16)13(18)12(17)10(7)15/h1-3,6,19H,4-5H2/t6-/m0/s1. The molecule has 2 nitrogen and oxygen atoms in total. The summed E-state index contributed by atoms with van der Waals surface area (Å²) in [7, 11) is 0. The van der Waals surface area contributed by atoms with Gasteiger partial charge in [0.15, 0.2) is 23.3 Å². The van der Waals surface area contributed by atoms with Crippen LogP contribution in [0.25, 0.3) is 10.8 Å². The summed E-state index contributed by atoms with van der Waals surface area (Å²) in [5.74, 6) is -7.17. The summed E-state index contributed by atoms with van der Waals surface area (Å²) in [4.78, 5) is 0. The van der Waals surface area contributed by atoms with E-state index in [-0.39, 0.29) is 18.2 Å². The summed E-state index contributed by atoms with van der Waals surface area (Å²) in [6, 6.07) is 3.65. The van der Waals surface area contributed by atoms with Gasteiger partial charge in [0, 0.05) is 5.39 Å². The number of halogens is 5. The number of aliphatic hydroxyl groups excluding tert-OH is 1. The summed E-state index contributed by atoms with van der Waals surface area (Å²) in [6.07, 6.45) is -1.02. The zero-order valence-electron chi connectivity index (χ0n) is 9.97. The maximum atomic E-state index is 13.8. The molecule has 0 aliphatic heterocycles. The van der Waals surface area contributed by atoms with E-state index >= 15 is 0 Å². The molecule has 0 heterocycles. The highest BCUT2D eigenvalue weighted by Crippen LogP contribution is 2.33. The lowest BCUT2D eigenvalue weighted by molar-refractivity contribution is 0.126. The SMILES string of the molecule is O[C@@H](CCl)COc1cccc2c(F)c(F)c(F)c(F)c12. The van der Waals surface area contributed by atoms with Crippen molar-refractivity contribution in [2.75, 3.05) is 12.5 Å². The highest BCUT2D eigenvalue weighted by molar-refractivity contribution is 6.18. The highest BCUT2D eigenvalue weighted by atomic mass is 35.5. The molecule has 0 saturated carbocycles. The molecule has 0 aliphatic rings. The van der Waals surface area contributed by atoms with Crippen molar-refractivity contribution in [3.63, 3.8) is 0 Å². The fourth-order valence-corrected chi connectivity index (χ4v) is 1.80. The molecule has 0 spiro atoms. The third-order valence-electron chi connectivity index (χ3n) is 2.67. The monoisotopic (exact) mass is 308 g/mol. The third kappa shape index (κ3) is 2.53. The minimum absolute atomic E-state index is 0.120. The first kappa shape index (κ1) is 14.9. The fourth-order valence-electron chi connectivity index (χ4n) is 1.71. The van der Waals surface area contributed by atoms with Crippen LogP contribution < -0.4 is 4.74 Å². The maximum absolute atomic E-state index is 13.8. The zero-order valence-corrected chi connectivity index (χ0v) is 10.7. The lowest BCUT2D eigenvalue weighted by Crippen LogP contribution is -2.19. The van der Waals surface area contributed by atoms with Gasteiger partial charge in [-0.15, -0.1) is 11.6 Å². The summed E-state index contributed by atoms with van der Waals surface area (Å²) in [5, 5.41) is 8.29. The Morgan fingerprint density at radius 2 is 1.70 bits per heavy atom. The molecule has 7 heteroatoms. The molecular weight excluding hydrogens is 300 g/mol. The van der Waals surface area contributed by atoms with Crippen LogP contribution in [0.2, 0.25) is 0 Å². The van der Waals surface area contributed by atoms with Gasteiger partial charge >= 0.3 is 0 Å². The van der Waals surface area contributed by atoms with Gasteiger partial charge < -0.3 is 9.84 Å². The minimum atomic E-state index is -1.91. The van der Waals surface area contributed by atoms with Crippen molar-refractivity contribution < 1.29 is 27.4 Å². The Bertz CT molecular complexity index is 648. The minimum Gasteiger partial charge on any atom is -0.490 e. The van der Waals surface area contributed by atoms with Crippen LogP contribution in [0.3, 0.4) is 0 Å². The van der Waals surface area contributed by atoms with Crippen LogP contribution in [0.1, 0.15) is 0 Å². The van der Waals surface area contributed by atoms with Crippen LogP contribution in [0.4, 0.5) is 17.6 Å². The Morgan fingerprint density at radius 1 is 1.05 bits per heavy atom. The molecule has 0 bridgehead atoms. The summed E-state index contributed by atoms with van der Waals surface area (Å²) >= 11 is 5.37. The average Bonchev–Trinajstić information content (AvgIpc) is 2.47. The predicted octanol–water partition coefficient (Wildman–Crippen LogP) is 3.37. The van der Waals surface area contributed by atoms with Crippen LogP contribution in [0.5, 0.6) is 5.75 Å². The number of fused-ring (bicyclic) bond motifs is 1. The molecule has 2 aromatic rings. The van der Waals surface area contributed by atoms with Gasteiger partial charge in [0.2, 0.25) is 0 Å². The molecule has 0 fully saturated rings. The number of alkyl halides is 1. The molecule has 108 valence electrons. The third-order valence-corrected chi connectivity index (χ3v) is 3.03. The molecule has 20 heavy (non-hydrogen) atoms. The van der Waals surface area contributed by atoms with E-state index in [1.54, 1.807) is 0 Å². The largest absolute Gasteiger partial charge is 0.490 e. The number of hydrogen-bond acceptors (Lipinski definition) is 2. The number of rotatable bonds is 4. The van der Waals surface area contributed by atoms with Crippen molar-refractivity contribution in [1.29, 1.82) is 0 Å². The van der Waals surface area contributed by atoms with E-state index in [2.05, 4.69) is 0 Å². The zero-order chi connectivity index (χ0) is 14.9. The fraction of sp³-hybridized carbons (Fsp3) is 0.231. The molecule has 1 atom stereocenters. The maximum Gasteiger partial charge on any atom is 0.198 e. The van der Waals surface area contributed by atoms with Crippen LogP contribution >= 0.6 is 11.6 Å². The quantitative estimate of drug-likeness (QED) is 0.406. The first-order valence-electron chi connectivity index (χ1n) is 5.58. The summed E-state index contributed by atoms with van der Waals surface area (Å²) < 4.78 is 58.8. The van der Waals surface area contributed by atoms with Crippen LogP contribution in [-0.2, 0) is 0 Å². The Balaban J connectivity index is 2.57. The van der Waals surface area contributed by atoms with E-state index < -0.39 is 40.1 Å². The van der Waals surface area contributed by atoms with Crippen molar-refractivity contribution in [1.82, 2.24) is 0 Å². The van der Waals surface area contributed by atoms with E-state index in [0.29, 0.717) is 0 Å². The van der Waals surface area contributed by atoms with E-state index in [9.17, 15) is 22.7 Å². The molecule has 0 aromatic heterocycles. The smallest absolute Gasteiger partial charge is 0.198 e. The van der Waals surface area contributed by atoms with Gasteiger partial charge in [-0.25, -0.2) is 17.6 Å². The van der Waals surface area contributed by atoms with Gasteiger partial charge in [-0.3, -0.25) is 0 Å². The van der Waals surface area contributed by atoms with Crippen molar-refractivity contribution >= 4 is 22.4 Å². The predicted molar refractivity (Wildman–Crippen MR) is 66.0 cm³/mol. The van der Waals surface area contributed by atoms with E-state index in [0.717, 1.165) is 6.07 Å². The number of aliphatic hydroxyl groups is 1. The highest BCUT2D eigenvalue weighted by Gasteiger charge is 2.22. The van der Waals surface area contributed by atoms with E-state index in [1.807, 2.05) is 0 Å². The molecule has 0 amide bonds. The van der Waals surface area contributed by atoms with Gasteiger partial charge in [-0.05, 0) is 6.07 Å². The Hall–Kier alpha value is -1.53. The van der Waals surface area contributed by atoms with Gasteiger partial charge in [-0.1, -0.05) is 12.1 Å². The van der Waals surface area contributed by atoms with Gasteiger partial charge in [0.1, 0.15) is 18.5 Å². The number of hydrogen-bond donors (Lipinski definition) is 1. The molecule has 0 saturated heterocycles. The van der Waals surface area contributed by atoms with Crippen LogP contribution in [0.15, 0.2) is 18.2 Å². The summed E-state index contributed by atoms with van der Waals surface area (Å²) in [5.41, 5.74) is 0. The first-order valence-corrected chi connectivity index (χ1v) is 6.12. The molecule has 2 rings (SSSR count). The average molecular weight is 309 g/mol. The van der Waals surface area contributed by atoms with Gasteiger partial charge in [0.05, 0.1) is 11.3 Å². The molecule has 2 aromatic carbocycles. The van der Waals surface area contributed by atoms with Crippen molar-refractivity contribution in [2.45, 2.75) is 6.10 Å². The normalized spacial score (nSPS) is 12.7. The molecular formula is C13H9ClF4O2. The second-order valence-corrected chi connectivity index (χ2v) is 4.36. The Labute approximate surface area is 116 Å². The first-order chi connectivity index (χ1) is 9.47. The molecule has 1 N–H and O–H groups in total. The van der Waals surface area contributed by atoms with Crippen molar-refractivity contribution in [3.05, 3.63) is 41.5 Å². The van der Waals surface area contributed by atoms with Crippen molar-refractivity contribution in [3.8, 4) is 5.75 Å². The second-order valence-electron chi connectivity index (χ2n) is 4.05. The van der Waals surface area contributed by atoms with Crippen LogP contribution in [0, 0.1) is 23.3 Å². The molecule has 0 aliphatic carbocycles. The van der Waals surface area contributed by atoms with E-state index in [1.165, 1.54) is 12.1 Å². The second kappa shape index (κ2) is 5.85. The van der Waals surface area contributed by atoms with E-state index in [4.69, 9.17) is 16.3 Å². The Kier molecular flexibility index (Phi) is 4.35. The van der Waals surface area contributed by atoms with Gasteiger partial charge in [0.25, 0.3) is 0 Å². The molecule has 0 radical (unpaired) electrons. The van der Waals surface area contributed by atoms with Crippen LogP contribution in [-0.4, -0.2) is 23.7 Å². The number of ether oxygens (including phenoxy) is 1. The lowest BCUT2D eigenvalue weighted by atomic mass is 10.1. The Morgan fingerprint density at radius 3 is 2.35 bits per heavy atom. The van der Waals surface area contributed by atoms with Crippen molar-refractivity contribution in [2.24, 2.45) is 0 Å².